The van der Waals surface area contributed by atoms with Crippen LogP contribution in [0.15, 0.2) is 42.9 Å². The van der Waals surface area contributed by atoms with Crippen LogP contribution in [0.3, 0.4) is 0 Å². The molecular weight excluding hydrogens is 250 g/mol. The molecule has 1 aromatic heterocycles. The minimum Gasteiger partial charge on any atom is -0.491 e. The van der Waals surface area contributed by atoms with Gasteiger partial charge in [-0.15, -0.1) is 0 Å². The van der Waals surface area contributed by atoms with Crippen LogP contribution >= 0.6 is 0 Å². The molecule has 1 N–H and O–H groups in total. The molecule has 2 rings (SSSR count). The average Bonchev–Trinajstić information content (AvgIpc) is 2.48. The Labute approximate surface area is 120 Å². The monoisotopic (exact) mass is 271 g/mol. The van der Waals surface area contributed by atoms with Gasteiger partial charge < -0.3 is 10.1 Å². The number of nitrogens with zero attached hydrogens (tertiary/aromatic N) is 2. The van der Waals surface area contributed by atoms with E-state index < -0.39 is 0 Å². The highest BCUT2D eigenvalue weighted by atomic mass is 16.5. The van der Waals surface area contributed by atoms with Gasteiger partial charge in [0, 0.05) is 24.1 Å². The maximum Gasteiger partial charge on any atom is 0.121 e. The largest absolute Gasteiger partial charge is 0.491 e. The van der Waals surface area contributed by atoms with E-state index in [1.54, 1.807) is 18.6 Å². The molecule has 106 valence electrons. The van der Waals surface area contributed by atoms with Crippen LogP contribution in [-0.2, 0) is 0 Å². The number of aromatic nitrogens is 2. The second-order valence-corrected chi connectivity index (χ2v) is 4.86. The van der Waals surface area contributed by atoms with Crippen molar-refractivity contribution in [2.75, 3.05) is 5.32 Å². The van der Waals surface area contributed by atoms with E-state index in [2.05, 4.69) is 36.1 Å². The van der Waals surface area contributed by atoms with Gasteiger partial charge in [0.1, 0.15) is 5.75 Å². The third kappa shape index (κ3) is 3.95. The molecule has 0 unspecified atom stereocenters. The zero-order valence-electron chi connectivity index (χ0n) is 12.2. The fourth-order valence-electron chi connectivity index (χ4n) is 1.83. The number of hydrogen-bond donors (Lipinski definition) is 1. The molecule has 0 aliphatic rings. The Morgan fingerprint density at radius 2 is 2.10 bits per heavy atom. The van der Waals surface area contributed by atoms with Crippen molar-refractivity contribution in [1.29, 1.82) is 0 Å². The summed E-state index contributed by atoms with van der Waals surface area (Å²) in [4.78, 5) is 8.39. The molecule has 0 saturated carbocycles. The molecule has 0 aliphatic heterocycles. The summed E-state index contributed by atoms with van der Waals surface area (Å²) in [5.74, 6) is 0.885. The molecule has 1 aromatic carbocycles. The Hall–Kier alpha value is -2.10. The van der Waals surface area contributed by atoms with Crippen LogP contribution < -0.4 is 10.1 Å². The molecule has 20 heavy (non-hydrogen) atoms. The SMILES string of the molecule is CC[C@H](C)Oc1cccc(N[C@H](C)c2cnccn2)c1. The van der Waals surface area contributed by atoms with Crippen molar-refractivity contribution < 1.29 is 4.74 Å². The van der Waals surface area contributed by atoms with Gasteiger partial charge in [-0.3, -0.25) is 9.97 Å². The smallest absolute Gasteiger partial charge is 0.121 e. The second kappa shape index (κ2) is 6.89. The van der Waals surface area contributed by atoms with Gasteiger partial charge in [-0.1, -0.05) is 13.0 Å². The molecule has 2 atom stereocenters. The number of benzene rings is 1. The first-order chi connectivity index (χ1) is 9.69. The lowest BCUT2D eigenvalue weighted by Crippen LogP contribution is -2.11. The highest BCUT2D eigenvalue weighted by molar-refractivity contribution is 5.49. The maximum atomic E-state index is 5.82. The number of hydrogen-bond acceptors (Lipinski definition) is 4. The molecule has 0 saturated heterocycles. The first-order valence-corrected chi connectivity index (χ1v) is 6.98. The Kier molecular flexibility index (Phi) is 4.93. The van der Waals surface area contributed by atoms with Gasteiger partial charge in [0.15, 0.2) is 0 Å². The van der Waals surface area contributed by atoms with Gasteiger partial charge >= 0.3 is 0 Å². The Balaban J connectivity index is 2.04. The van der Waals surface area contributed by atoms with Gasteiger partial charge in [0.25, 0.3) is 0 Å². The van der Waals surface area contributed by atoms with E-state index in [0.717, 1.165) is 23.6 Å². The van der Waals surface area contributed by atoms with Crippen LogP contribution in [0.1, 0.15) is 38.9 Å². The van der Waals surface area contributed by atoms with Crippen LogP contribution in [0, 0.1) is 0 Å². The van der Waals surface area contributed by atoms with E-state index >= 15 is 0 Å². The summed E-state index contributed by atoms with van der Waals surface area (Å²) >= 11 is 0. The molecule has 2 aromatic rings. The fourth-order valence-corrected chi connectivity index (χ4v) is 1.83. The van der Waals surface area contributed by atoms with Crippen molar-refractivity contribution in [2.24, 2.45) is 0 Å². The zero-order valence-corrected chi connectivity index (χ0v) is 12.2. The summed E-state index contributed by atoms with van der Waals surface area (Å²) in [6, 6.07) is 8.10. The summed E-state index contributed by atoms with van der Waals surface area (Å²) in [5, 5.41) is 3.41. The lowest BCUT2D eigenvalue weighted by molar-refractivity contribution is 0.217. The van der Waals surface area contributed by atoms with Crippen molar-refractivity contribution >= 4 is 5.69 Å². The maximum absolute atomic E-state index is 5.82. The predicted molar refractivity (Wildman–Crippen MR) is 80.9 cm³/mol. The minimum absolute atomic E-state index is 0.0996. The summed E-state index contributed by atoms with van der Waals surface area (Å²) < 4.78 is 5.82. The second-order valence-electron chi connectivity index (χ2n) is 4.86. The van der Waals surface area contributed by atoms with E-state index in [1.807, 2.05) is 24.3 Å². The molecule has 0 aliphatic carbocycles. The number of nitrogens with one attached hydrogen (secondary N) is 1. The van der Waals surface area contributed by atoms with Crippen molar-refractivity contribution in [3.8, 4) is 5.75 Å². The molecule has 4 heteroatoms. The summed E-state index contributed by atoms with van der Waals surface area (Å²) in [6.07, 6.45) is 6.38. The van der Waals surface area contributed by atoms with Crippen molar-refractivity contribution in [1.82, 2.24) is 9.97 Å². The average molecular weight is 271 g/mol. The van der Waals surface area contributed by atoms with Gasteiger partial charge in [0.05, 0.1) is 24.0 Å². The van der Waals surface area contributed by atoms with Crippen molar-refractivity contribution in [2.45, 2.75) is 39.3 Å². The number of rotatable bonds is 6. The van der Waals surface area contributed by atoms with Crippen molar-refractivity contribution in [3.05, 3.63) is 48.5 Å². The van der Waals surface area contributed by atoms with Crippen LogP contribution in [0.25, 0.3) is 0 Å². The van der Waals surface area contributed by atoms with Gasteiger partial charge in [-0.2, -0.15) is 0 Å². The fraction of sp³-hybridized carbons (Fsp3) is 0.375. The van der Waals surface area contributed by atoms with Gasteiger partial charge in [0.2, 0.25) is 0 Å². The lowest BCUT2D eigenvalue weighted by Gasteiger charge is -2.17. The van der Waals surface area contributed by atoms with Crippen LogP contribution in [-0.4, -0.2) is 16.1 Å². The first kappa shape index (κ1) is 14.3. The van der Waals surface area contributed by atoms with E-state index in [4.69, 9.17) is 4.74 Å². The standard InChI is InChI=1S/C16H21N3O/c1-4-12(2)20-15-7-5-6-14(10-15)19-13(3)16-11-17-8-9-18-16/h5-13,19H,4H2,1-3H3/t12-,13+/m0/s1. The Morgan fingerprint density at radius 3 is 2.80 bits per heavy atom. The number of ether oxygens (including phenoxy) is 1. The molecule has 0 bridgehead atoms. The molecule has 4 nitrogen and oxygen atoms in total. The zero-order chi connectivity index (χ0) is 14.4. The molecule has 0 radical (unpaired) electrons. The summed E-state index contributed by atoms with van der Waals surface area (Å²) in [5.41, 5.74) is 1.93. The van der Waals surface area contributed by atoms with E-state index in [9.17, 15) is 0 Å². The molecule has 1 heterocycles. The Morgan fingerprint density at radius 1 is 1.25 bits per heavy atom. The highest BCUT2D eigenvalue weighted by Gasteiger charge is 2.07. The van der Waals surface area contributed by atoms with Gasteiger partial charge in [-0.05, 0) is 32.4 Å². The van der Waals surface area contributed by atoms with Gasteiger partial charge in [-0.25, -0.2) is 0 Å². The molecule has 0 fully saturated rings. The van der Waals surface area contributed by atoms with Crippen LogP contribution in [0.2, 0.25) is 0 Å². The normalized spacial score (nSPS) is 13.6. The molecule has 0 amide bonds. The summed E-state index contributed by atoms with van der Waals surface area (Å²) in [6.45, 7) is 6.25. The third-order valence-corrected chi connectivity index (χ3v) is 3.16. The lowest BCUT2D eigenvalue weighted by atomic mass is 10.2. The van der Waals surface area contributed by atoms with Crippen molar-refractivity contribution in [3.63, 3.8) is 0 Å². The quantitative estimate of drug-likeness (QED) is 0.867. The molecule has 0 spiro atoms. The third-order valence-electron chi connectivity index (χ3n) is 3.16. The first-order valence-electron chi connectivity index (χ1n) is 6.98. The van der Waals surface area contributed by atoms with E-state index in [1.165, 1.54) is 0 Å². The van der Waals surface area contributed by atoms with Crippen LogP contribution in [0.4, 0.5) is 5.69 Å². The minimum atomic E-state index is 0.0996. The topological polar surface area (TPSA) is 47.0 Å². The van der Waals surface area contributed by atoms with E-state index in [-0.39, 0.29) is 12.1 Å². The highest BCUT2D eigenvalue weighted by Crippen LogP contribution is 2.22. The summed E-state index contributed by atoms with van der Waals surface area (Å²) in [7, 11) is 0. The van der Waals surface area contributed by atoms with E-state index in [0.29, 0.717) is 0 Å². The predicted octanol–water partition coefficient (Wildman–Crippen LogP) is 3.83. The van der Waals surface area contributed by atoms with Crippen LogP contribution in [0.5, 0.6) is 5.75 Å². The Bertz CT molecular complexity index is 530. The molecular formula is C16H21N3O. The number of anilines is 1.